The van der Waals surface area contributed by atoms with Crippen molar-refractivity contribution in [1.29, 1.82) is 0 Å². The lowest BCUT2D eigenvalue weighted by molar-refractivity contribution is -0.125. The summed E-state index contributed by atoms with van der Waals surface area (Å²) in [6.07, 6.45) is 6.68. The number of hydrogen-bond donors (Lipinski definition) is 2. The second-order valence-corrected chi connectivity index (χ2v) is 7.81. The molecule has 132 valence electrons. The fourth-order valence-corrected chi connectivity index (χ4v) is 4.48. The Morgan fingerprint density at radius 1 is 1.17 bits per heavy atom. The van der Waals surface area contributed by atoms with Crippen LogP contribution in [0.25, 0.3) is 0 Å². The molecule has 1 aromatic heterocycles. The molecule has 0 aliphatic heterocycles. The molecule has 2 saturated carbocycles. The van der Waals surface area contributed by atoms with E-state index in [1.165, 1.54) is 31.9 Å². The summed E-state index contributed by atoms with van der Waals surface area (Å²) >= 11 is 0. The molecule has 0 radical (unpaired) electrons. The number of furan rings is 1. The minimum atomic E-state index is -0.552. The Morgan fingerprint density at radius 3 is 2.50 bits per heavy atom. The zero-order chi connectivity index (χ0) is 17.3. The Bertz CT molecular complexity index is 581. The maximum Gasteiger partial charge on any atom is 0.287 e. The predicted octanol–water partition coefficient (Wildman–Crippen LogP) is 2.97. The van der Waals surface area contributed by atoms with Crippen LogP contribution in [-0.4, -0.2) is 23.9 Å². The summed E-state index contributed by atoms with van der Waals surface area (Å²) < 4.78 is 5.11. The van der Waals surface area contributed by atoms with Crippen LogP contribution in [0.2, 0.25) is 0 Å². The fraction of sp³-hybridized carbons (Fsp3) is 0.684. The van der Waals surface area contributed by atoms with Gasteiger partial charge in [0.25, 0.3) is 5.91 Å². The third-order valence-electron chi connectivity index (χ3n) is 5.79. The van der Waals surface area contributed by atoms with E-state index < -0.39 is 6.04 Å². The van der Waals surface area contributed by atoms with E-state index >= 15 is 0 Å². The smallest absolute Gasteiger partial charge is 0.287 e. The van der Waals surface area contributed by atoms with Crippen molar-refractivity contribution in [3.05, 3.63) is 24.2 Å². The van der Waals surface area contributed by atoms with Crippen LogP contribution in [0.3, 0.4) is 0 Å². The van der Waals surface area contributed by atoms with Crippen molar-refractivity contribution in [2.75, 3.05) is 0 Å². The molecule has 2 aliphatic rings. The molecule has 1 heterocycles. The molecule has 0 saturated heterocycles. The number of fused-ring (bicyclic) bond motifs is 2. The van der Waals surface area contributed by atoms with Gasteiger partial charge in [0.1, 0.15) is 6.04 Å². The molecule has 3 rings (SSSR count). The minimum absolute atomic E-state index is 0.0103. The Morgan fingerprint density at radius 2 is 1.96 bits per heavy atom. The highest BCUT2D eigenvalue weighted by Crippen LogP contribution is 2.49. The molecule has 2 N–H and O–H groups in total. The Labute approximate surface area is 143 Å². The van der Waals surface area contributed by atoms with Gasteiger partial charge in [-0.3, -0.25) is 9.59 Å². The summed E-state index contributed by atoms with van der Waals surface area (Å²) in [5, 5.41) is 5.96. The SMILES string of the molecule is CC(C)C(NC(=O)c1ccco1)C(=O)NC(C)C1CC2CCC1C2. The average molecular weight is 332 g/mol. The first-order chi connectivity index (χ1) is 11.5. The predicted molar refractivity (Wildman–Crippen MR) is 91.3 cm³/mol. The van der Waals surface area contributed by atoms with E-state index in [2.05, 4.69) is 17.6 Å². The van der Waals surface area contributed by atoms with Gasteiger partial charge in [-0.2, -0.15) is 0 Å². The maximum absolute atomic E-state index is 12.7. The lowest BCUT2D eigenvalue weighted by atomic mass is 9.84. The zero-order valence-corrected chi connectivity index (χ0v) is 14.7. The molecule has 2 amide bonds. The van der Waals surface area contributed by atoms with Crippen molar-refractivity contribution in [1.82, 2.24) is 10.6 Å². The first kappa shape index (κ1) is 17.1. The summed E-state index contributed by atoms with van der Waals surface area (Å²) in [5.74, 6) is 2.01. The largest absolute Gasteiger partial charge is 0.459 e. The van der Waals surface area contributed by atoms with Crippen molar-refractivity contribution in [2.45, 2.75) is 58.5 Å². The third kappa shape index (κ3) is 3.50. The summed E-state index contributed by atoms with van der Waals surface area (Å²) in [5.41, 5.74) is 0. The number of carbonyl (C=O) groups excluding carboxylic acids is 2. The maximum atomic E-state index is 12.7. The van der Waals surface area contributed by atoms with Gasteiger partial charge in [-0.05, 0) is 62.0 Å². The van der Waals surface area contributed by atoms with Gasteiger partial charge in [0, 0.05) is 6.04 Å². The molecule has 5 nitrogen and oxygen atoms in total. The lowest BCUT2D eigenvalue weighted by Gasteiger charge is -2.30. The van der Waals surface area contributed by atoms with Crippen LogP contribution in [0, 0.1) is 23.7 Å². The number of hydrogen-bond acceptors (Lipinski definition) is 3. The Balaban J connectivity index is 1.59. The molecule has 2 fully saturated rings. The molecule has 0 aromatic carbocycles. The monoisotopic (exact) mass is 332 g/mol. The van der Waals surface area contributed by atoms with Gasteiger partial charge in [0.05, 0.1) is 6.26 Å². The van der Waals surface area contributed by atoms with Crippen LogP contribution < -0.4 is 10.6 Å². The summed E-state index contributed by atoms with van der Waals surface area (Å²) in [6, 6.07) is 2.87. The van der Waals surface area contributed by atoms with Crippen molar-refractivity contribution in [3.8, 4) is 0 Å². The average Bonchev–Trinajstić information content (AvgIpc) is 3.27. The summed E-state index contributed by atoms with van der Waals surface area (Å²) in [7, 11) is 0. The summed E-state index contributed by atoms with van der Waals surface area (Å²) in [6.45, 7) is 5.98. The van der Waals surface area contributed by atoms with E-state index in [0.29, 0.717) is 5.92 Å². The van der Waals surface area contributed by atoms with Crippen LogP contribution in [-0.2, 0) is 4.79 Å². The Hall–Kier alpha value is -1.78. The van der Waals surface area contributed by atoms with E-state index in [9.17, 15) is 9.59 Å². The van der Waals surface area contributed by atoms with E-state index in [1.54, 1.807) is 12.1 Å². The minimum Gasteiger partial charge on any atom is -0.459 e. The molecule has 5 atom stereocenters. The van der Waals surface area contributed by atoms with E-state index in [0.717, 1.165) is 11.8 Å². The van der Waals surface area contributed by atoms with Crippen molar-refractivity contribution < 1.29 is 14.0 Å². The first-order valence-electron chi connectivity index (χ1n) is 9.10. The van der Waals surface area contributed by atoms with Crippen molar-refractivity contribution in [3.63, 3.8) is 0 Å². The summed E-state index contributed by atoms with van der Waals surface area (Å²) in [4.78, 5) is 24.9. The fourth-order valence-electron chi connectivity index (χ4n) is 4.48. The van der Waals surface area contributed by atoms with Gasteiger partial charge in [0.15, 0.2) is 5.76 Å². The van der Waals surface area contributed by atoms with E-state index in [4.69, 9.17) is 4.42 Å². The van der Waals surface area contributed by atoms with Crippen LogP contribution in [0.1, 0.15) is 57.0 Å². The first-order valence-corrected chi connectivity index (χ1v) is 9.10. The normalized spacial score (nSPS) is 27.9. The van der Waals surface area contributed by atoms with E-state index in [1.807, 2.05) is 13.8 Å². The highest BCUT2D eigenvalue weighted by atomic mass is 16.3. The molecule has 2 aliphatic carbocycles. The molecular formula is C19H28N2O3. The van der Waals surface area contributed by atoms with Crippen LogP contribution in [0.4, 0.5) is 0 Å². The Kier molecular flexibility index (Phi) is 4.97. The third-order valence-corrected chi connectivity index (χ3v) is 5.79. The zero-order valence-electron chi connectivity index (χ0n) is 14.7. The number of carbonyl (C=O) groups is 2. The van der Waals surface area contributed by atoms with Gasteiger partial charge in [-0.25, -0.2) is 0 Å². The number of nitrogens with one attached hydrogen (secondary N) is 2. The number of amides is 2. The highest BCUT2D eigenvalue weighted by molar-refractivity contribution is 5.95. The molecule has 2 bridgehead atoms. The lowest BCUT2D eigenvalue weighted by Crippen LogP contribution is -2.53. The van der Waals surface area contributed by atoms with Gasteiger partial charge >= 0.3 is 0 Å². The van der Waals surface area contributed by atoms with Gasteiger partial charge in [-0.15, -0.1) is 0 Å². The van der Waals surface area contributed by atoms with Crippen molar-refractivity contribution >= 4 is 11.8 Å². The van der Waals surface area contributed by atoms with E-state index in [-0.39, 0.29) is 29.5 Å². The van der Waals surface area contributed by atoms with Gasteiger partial charge < -0.3 is 15.1 Å². The van der Waals surface area contributed by atoms with Crippen LogP contribution in [0.15, 0.2) is 22.8 Å². The van der Waals surface area contributed by atoms with Gasteiger partial charge in [0.2, 0.25) is 5.91 Å². The van der Waals surface area contributed by atoms with Gasteiger partial charge in [-0.1, -0.05) is 20.3 Å². The molecule has 1 aromatic rings. The standard InChI is InChI=1S/C19H28N2O3/c1-11(2)17(21-18(22)16-5-4-8-24-16)19(23)20-12(3)15-10-13-6-7-14(15)9-13/h4-5,8,11-15,17H,6-7,9-10H2,1-3H3,(H,20,23)(H,21,22). The molecule has 5 unspecified atom stereocenters. The second kappa shape index (κ2) is 6.99. The molecular weight excluding hydrogens is 304 g/mol. The number of rotatable bonds is 6. The van der Waals surface area contributed by atoms with Crippen molar-refractivity contribution in [2.24, 2.45) is 23.7 Å². The van der Waals surface area contributed by atoms with Crippen LogP contribution in [0.5, 0.6) is 0 Å². The van der Waals surface area contributed by atoms with Crippen LogP contribution >= 0.6 is 0 Å². The quantitative estimate of drug-likeness (QED) is 0.841. The molecule has 5 heteroatoms. The molecule has 0 spiro atoms. The topological polar surface area (TPSA) is 71.3 Å². The second-order valence-electron chi connectivity index (χ2n) is 7.81. The molecule has 24 heavy (non-hydrogen) atoms. The highest BCUT2D eigenvalue weighted by Gasteiger charge is 2.42.